The van der Waals surface area contributed by atoms with Gasteiger partial charge in [-0.1, -0.05) is 67.1 Å². The van der Waals surface area contributed by atoms with Gasteiger partial charge in [-0.2, -0.15) is 0 Å². The molecule has 1 unspecified atom stereocenters. The van der Waals surface area contributed by atoms with Crippen molar-refractivity contribution in [1.29, 1.82) is 0 Å². The molecule has 1 aliphatic rings. The number of halogens is 3. The van der Waals surface area contributed by atoms with E-state index in [1.54, 1.807) is 35.2 Å². The Bertz CT molecular complexity index is 929. The summed E-state index contributed by atoms with van der Waals surface area (Å²) in [4.78, 5) is 29.2. The predicted molar refractivity (Wildman–Crippen MR) is 138 cm³/mol. The first kappa shape index (κ1) is 26.2. The van der Waals surface area contributed by atoms with Gasteiger partial charge in [0.15, 0.2) is 0 Å². The maximum atomic E-state index is 13.4. The summed E-state index contributed by atoms with van der Waals surface area (Å²) in [6.45, 7) is 2.10. The Kier molecular flexibility index (Phi) is 10.2. The van der Waals surface area contributed by atoms with Crippen molar-refractivity contribution in [1.82, 2.24) is 10.2 Å². The van der Waals surface area contributed by atoms with E-state index in [0.717, 1.165) is 30.6 Å². The maximum Gasteiger partial charge on any atom is 0.243 e. The Morgan fingerprint density at radius 3 is 2.27 bits per heavy atom. The van der Waals surface area contributed by atoms with Crippen molar-refractivity contribution in [3.8, 4) is 0 Å². The molecule has 0 heterocycles. The Hall–Kier alpha value is -1.40. The third-order valence-electron chi connectivity index (χ3n) is 5.90. The number of amides is 2. The molecule has 0 spiro atoms. The molecular weight excluding hydrogens is 499 g/mol. The van der Waals surface area contributed by atoms with E-state index in [2.05, 4.69) is 5.32 Å². The largest absolute Gasteiger partial charge is 0.352 e. The van der Waals surface area contributed by atoms with Crippen LogP contribution in [-0.2, 0) is 16.1 Å². The number of carbonyl (C=O) groups is 2. The van der Waals surface area contributed by atoms with Gasteiger partial charge in [-0.05, 0) is 55.7 Å². The van der Waals surface area contributed by atoms with Gasteiger partial charge < -0.3 is 10.2 Å². The Balaban J connectivity index is 1.79. The lowest BCUT2D eigenvalue weighted by Crippen LogP contribution is -2.52. The summed E-state index contributed by atoms with van der Waals surface area (Å²) in [5.41, 5.74) is 0.648. The number of nitrogens with one attached hydrogen (secondary N) is 1. The minimum Gasteiger partial charge on any atom is -0.352 e. The van der Waals surface area contributed by atoms with E-state index in [0.29, 0.717) is 27.1 Å². The fourth-order valence-electron chi connectivity index (χ4n) is 4.08. The van der Waals surface area contributed by atoms with E-state index in [1.807, 2.05) is 19.1 Å². The van der Waals surface area contributed by atoms with Gasteiger partial charge in [0, 0.05) is 38.1 Å². The van der Waals surface area contributed by atoms with Crippen LogP contribution in [0.15, 0.2) is 47.4 Å². The summed E-state index contributed by atoms with van der Waals surface area (Å²) >= 11 is 20.2. The number of hydrogen-bond donors (Lipinski definition) is 1. The van der Waals surface area contributed by atoms with Crippen molar-refractivity contribution in [2.45, 2.75) is 69.0 Å². The van der Waals surface area contributed by atoms with Crippen LogP contribution in [0.4, 0.5) is 0 Å². The molecule has 33 heavy (non-hydrogen) atoms. The molecule has 2 amide bonds. The molecule has 4 nitrogen and oxygen atoms in total. The first-order chi connectivity index (χ1) is 15.9. The lowest BCUT2D eigenvalue weighted by Gasteiger charge is -2.33. The number of benzene rings is 2. The van der Waals surface area contributed by atoms with Gasteiger partial charge in [0.25, 0.3) is 0 Å². The average Bonchev–Trinajstić information content (AvgIpc) is 2.81. The van der Waals surface area contributed by atoms with Crippen LogP contribution in [0.5, 0.6) is 0 Å². The summed E-state index contributed by atoms with van der Waals surface area (Å²) in [5.74, 6) is -0.0642. The average molecular weight is 528 g/mol. The minimum atomic E-state index is -0.599. The molecule has 0 aromatic heterocycles. The van der Waals surface area contributed by atoms with Crippen LogP contribution >= 0.6 is 46.6 Å². The monoisotopic (exact) mass is 526 g/mol. The van der Waals surface area contributed by atoms with E-state index in [-0.39, 0.29) is 30.2 Å². The van der Waals surface area contributed by atoms with Gasteiger partial charge in [-0.3, -0.25) is 9.59 Å². The third-order valence-corrected chi connectivity index (χ3v) is 7.86. The van der Waals surface area contributed by atoms with E-state index in [4.69, 9.17) is 34.8 Å². The number of hydrogen-bond acceptors (Lipinski definition) is 3. The van der Waals surface area contributed by atoms with Crippen molar-refractivity contribution in [2.24, 2.45) is 0 Å². The SMILES string of the molecule is CCC(C(=O)NC1CCCCC1)N(Cc1c(Cl)cccc1Cl)C(=O)CSc1ccc(Cl)cc1. The van der Waals surface area contributed by atoms with Crippen LogP contribution in [0.3, 0.4) is 0 Å². The summed E-state index contributed by atoms with van der Waals surface area (Å²) in [7, 11) is 0. The number of rotatable bonds is 9. The Morgan fingerprint density at radius 1 is 1.03 bits per heavy atom. The molecule has 1 fully saturated rings. The van der Waals surface area contributed by atoms with Gasteiger partial charge in [0.1, 0.15) is 6.04 Å². The van der Waals surface area contributed by atoms with Crippen molar-refractivity contribution in [3.05, 3.63) is 63.1 Å². The summed E-state index contributed by atoms with van der Waals surface area (Å²) in [6, 6.07) is 12.2. The molecule has 178 valence electrons. The minimum absolute atomic E-state index is 0.114. The zero-order valence-corrected chi connectivity index (χ0v) is 21.7. The van der Waals surface area contributed by atoms with Crippen molar-refractivity contribution < 1.29 is 9.59 Å². The van der Waals surface area contributed by atoms with Crippen LogP contribution in [0.25, 0.3) is 0 Å². The van der Waals surface area contributed by atoms with E-state index < -0.39 is 6.04 Å². The van der Waals surface area contributed by atoms with Crippen molar-refractivity contribution in [2.75, 3.05) is 5.75 Å². The molecule has 0 bridgehead atoms. The van der Waals surface area contributed by atoms with E-state index in [1.165, 1.54) is 18.2 Å². The zero-order valence-electron chi connectivity index (χ0n) is 18.7. The number of thioether (sulfide) groups is 1. The lowest BCUT2D eigenvalue weighted by atomic mass is 9.95. The Morgan fingerprint density at radius 2 is 1.67 bits per heavy atom. The van der Waals surface area contributed by atoms with Gasteiger partial charge in [-0.15, -0.1) is 11.8 Å². The highest BCUT2D eigenvalue weighted by Gasteiger charge is 2.31. The fraction of sp³-hybridized carbons (Fsp3) is 0.440. The molecule has 0 aliphatic heterocycles. The molecule has 3 rings (SSSR count). The lowest BCUT2D eigenvalue weighted by molar-refractivity contribution is -0.139. The molecule has 1 N–H and O–H groups in total. The number of carbonyl (C=O) groups excluding carboxylic acids is 2. The molecule has 2 aromatic carbocycles. The highest BCUT2D eigenvalue weighted by Crippen LogP contribution is 2.28. The van der Waals surface area contributed by atoms with Gasteiger partial charge in [0.2, 0.25) is 11.8 Å². The van der Waals surface area contributed by atoms with Crippen molar-refractivity contribution in [3.63, 3.8) is 0 Å². The second-order valence-corrected chi connectivity index (χ2v) is 10.5. The highest BCUT2D eigenvalue weighted by atomic mass is 35.5. The van der Waals surface area contributed by atoms with Gasteiger partial charge in [-0.25, -0.2) is 0 Å². The fourth-order valence-corrected chi connectivity index (χ4v) is 5.50. The standard InChI is InChI=1S/C25H29Cl3N2O2S/c1-2-23(25(32)29-18-7-4-3-5-8-18)30(15-20-21(27)9-6-10-22(20)28)24(31)16-33-19-13-11-17(26)12-14-19/h6,9-14,18,23H,2-5,7-8,15-16H2,1H3,(H,29,32). The van der Waals surface area contributed by atoms with Gasteiger partial charge >= 0.3 is 0 Å². The molecule has 0 saturated heterocycles. The molecule has 8 heteroatoms. The second kappa shape index (κ2) is 12.9. The topological polar surface area (TPSA) is 49.4 Å². The summed E-state index contributed by atoms with van der Waals surface area (Å²) < 4.78 is 0. The van der Waals surface area contributed by atoms with Crippen LogP contribution in [0.1, 0.15) is 51.0 Å². The first-order valence-electron chi connectivity index (χ1n) is 11.3. The zero-order chi connectivity index (χ0) is 23.8. The normalized spacial score (nSPS) is 15.2. The quantitative estimate of drug-likeness (QED) is 0.357. The van der Waals surface area contributed by atoms with Crippen LogP contribution < -0.4 is 5.32 Å². The van der Waals surface area contributed by atoms with E-state index in [9.17, 15) is 9.59 Å². The first-order valence-corrected chi connectivity index (χ1v) is 13.4. The second-order valence-electron chi connectivity index (χ2n) is 8.23. The molecular formula is C25H29Cl3N2O2S. The Labute approximate surface area is 215 Å². The predicted octanol–water partition coefficient (Wildman–Crippen LogP) is 7.00. The van der Waals surface area contributed by atoms with Crippen LogP contribution in [0, 0.1) is 0 Å². The molecule has 1 atom stereocenters. The van der Waals surface area contributed by atoms with Gasteiger partial charge in [0.05, 0.1) is 5.75 Å². The maximum absolute atomic E-state index is 13.4. The molecule has 2 aromatic rings. The van der Waals surface area contributed by atoms with Crippen LogP contribution in [0.2, 0.25) is 15.1 Å². The number of nitrogens with zero attached hydrogens (tertiary/aromatic N) is 1. The summed E-state index contributed by atoms with van der Waals surface area (Å²) in [6.07, 6.45) is 5.92. The smallest absolute Gasteiger partial charge is 0.243 e. The third kappa shape index (κ3) is 7.54. The van der Waals surface area contributed by atoms with Crippen LogP contribution in [-0.4, -0.2) is 34.6 Å². The summed E-state index contributed by atoms with van der Waals surface area (Å²) in [5, 5.41) is 4.78. The highest BCUT2D eigenvalue weighted by molar-refractivity contribution is 8.00. The molecule has 1 aliphatic carbocycles. The molecule has 0 radical (unpaired) electrons. The van der Waals surface area contributed by atoms with E-state index >= 15 is 0 Å². The molecule has 1 saturated carbocycles. The van der Waals surface area contributed by atoms with Crippen molar-refractivity contribution >= 4 is 58.4 Å².